The fourth-order valence-electron chi connectivity index (χ4n) is 2.28. The van der Waals surface area contributed by atoms with Crippen molar-refractivity contribution in [1.29, 1.82) is 0 Å². The Morgan fingerprint density at radius 3 is 3.10 bits per heavy atom. The minimum absolute atomic E-state index is 0.134. The molecule has 0 radical (unpaired) electrons. The standard InChI is InChI=1S/C14H15BrN2O2S2/c1-9-6-19-3-2-17(9)13(18)5-11-8-21-14(16-11)12-4-10(15)7-20-12/h4,7-9H,2-3,5-6H2,1H3. The Morgan fingerprint density at radius 1 is 1.52 bits per heavy atom. The number of halogens is 1. The minimum atomic E-state index is 0.134. The first-order chi connectivity index (χ1) is 10.1. The second-order valence-corrected chi connectivity index (χ2v) is 7.65. The van der Waals surface area contributed by atoms with Gasteiger partial charge in [-0.3, -0.25) is 4.79 Å². The van der Waals surface area contributed by atoms with Crippen LogP contribution in [0, 0.1) is 0 Å². The van der Waals surface area contributed by atoms with Crippen molar-refractivity contribution >= 4 is 44.5 Å². The molecule has 0 bridgehead atoms. The molecule has 2 aromatic rings. The van der Waals surface area contributed by atoms with E-state index in [1.54, 1.807) is 22.7 Å². The van der Waals surface area contributed by atoms with Gasteiger partial charge in [-0.1, -0.05) is 0 Å². The Kier molecular flexibility index (Phi) is 4.73. The van der Waals surface area contributed by atoms with E-state index in [4.69, 9.17) is 4.74 Å². The number of thiophene rings is 1. The Balaban J connectivity index is 1.68. The van der Waals surface area contributed by atoms with Gasteiger partial charge < -0.3 is 9.64 Å². The van der Waals surface area contributed by atoms with Gasteiger partial charge in [0, 0.05) is 21.8 Å². The maximum absolute atomic E-state index is 12.4. The molecule has 4 nitrogen and oxygen atoms in total. The molecular formula is C14H15BrN2O2S2. The molecule has 0 spiro atoms. The van der Waals surface area contributed by atoms with Gasteiger partial charge in [0.05, 0.1) is 36.2 Å². The zero-order valence-electron chi connectivity index (χ0n) is 11.5. The van der Waals surface area contributed by atoms with E-state index in [0.717, 1.165) is 20.1 Å². The van der Waals surface area contributed by atoms with Gasteiger partial charge in [0.15, 0.2) is 0 Å². The van der Waals surface area contributed by atoms with Crippen LogP contribution in [-0.4, -0.2) is 41.6 Å². The number of amides is 1. The number of carbonyl (C=O) groups excluding carboxylic acids is 1. The van der Waals surface area contributed by atoms with Crippen molar-refractivity contribution < 1.29 is 9.53 Å². The van der Waals surface area contributed by atoms with Crippen LogP contribution < -0.4 is 0 Å². The Labute approximate surface area is 139 Å². The van der Waals surface area contributed by atoms with E-state index in [2.05, 4.69) is 27.0 Å². The number of morpholine rings is 1. The maximum atomic E-state index is 12.4. The first-order valence-electron chi connectivity index (χ1n) is 6.69. The first kappa shape index (κ1) is 15.1. The summed E-state index contributed by atoms with van der Waals surface area (Å²) in [5.41, 5.74) is 0.850. The van der Waals surface area contributed by atoms with Crippen LogP contribution in [0.1, 0.15) is 12.6 Å². The summed E-state index contributed by atoms with van der Waals surface area (Å²) >= 11 is 6.69. The Bertz CT molecular complexity index is 640. The fourth-order valence-corrected chi connectivity index (χ4v) is 4.61. The topological polar surface area (TPSA) is 42.4 Å². The maximum Gasteiger partial charge on any atom is 0.229 e. The molecule has 0 aliphatic carbocycles. The molecule has 1 aliphatic heterocycles. The summed E-state index contributed by atoms with van der Waals surface area (Å²) in [5.74, 6) is 0.134. The third kappa shape index (κ3) is 3.53. The molecule has 7 heteroatoms. The van der Waals surface area contributed by atoms with E-state index in [0.29, 0.717) is 26.2 Å². The summed E-state index contributed by atoms with van der Waals surface area (Å²) in [7, 11) is 0. The van der Waals surface area contributed by atoms with Gasteiger partial charge in [0.1, 0.15) is 5.01 Å². The average Bonchev–Trinajstić information content (AvgIpc) is 3.08. The van der Waals surface area contributed by atoms with Crippen molar-refractivity contribution in [3.63, 3.8) is 0 Å². The van der Waals surface area contributed by atoms with E-state index in [-0.39, 0.29) is 11.9 Å². The molecule has 2 aromatic heterocycles. The zero-order chi connectivity index (χ0) is 14.8. The van der Waals surface area contributed by atoms with Crippen molar-refractivity contribution in [3.8, 4) is 9.88 Å². The van der Waals surface area contributed by atoms with E-state index in [1.165, 1.54) is 0 Å². The monoisotopic (exact) mass is 386 g/mol. The molecule has 1 atom stereocenters. The second kappa shape index (κ2) is 6.56. The van der Waals surface area contributed by atoms with Crippen molar-refractivity contribution in [1.82, 2.24) is 9.88 Å². The Hall–Kier alpha value is -0.760. The van der Waals surface area contributed by atoms with Gasteiger partial charge in [-0.25, -0.2) is 4.98 Å². The van der Waals surface area contributed by atoms with Gasteiger partial charge >= 0.3 is 0 Å². The number of ether oxygens (including phenoxy) is 1. The lowest BCUT2D eigenvalue weighted by Crippen LogP contribution is -2.47. The number of rotatable bonds is 3. The molecule has 0 N–H and O–H groups in total. The second-order valence-electron chi connectivity index (χ2n) is 4.96. The molecule has 0 saturated carbocycles. The third-order valence-corrected chi connectivity index (χ3v) is 6.10. The van der Waals surface area contributed by atoms with Gasteiger partial charge in [-0.2, -0.15) is 0 Å². The quantitative estimate of drug-likeness (QED) is 0.811. The SMILES string of the molecule is CC1COCCN1C(=O)Cc1csc(-c2cc(Br)cs2)n1. The molecule has 1 unspecified atom stereocenters. The minimum Gasteiger partial charge on any atom is -0.377 e. The lowest BCUT2D eigenvalue weighted by molar-refractivity contribution is -0.138. The molecule has 112 valence electrons. The van der Waals surface area contributed by atoms with E-state index >= 15 is 0 Å². The summed E-state index contributed by atoms with van der Waals surface area (Å²) < 4.78 is 6.43. The van der Waals surface area contributed by atoms with Crippen LogP contribution in [0.5, 0.6) is 0 Å². The lowest BCUT2D eigenvalue weighted by atomic mass is 10.2. The predicted molar refractivity (Wildman–Crippen MR) is 88.8 cm³/mol. The number of nitrogens with zero attached hydrogens (tertiary/aromatic N) is 2. The fraction of sp³-hybridized carbons (Fsp3) is 0.429. The molecule has 3 rings (SSSR count). The van der Waals surface area contributed by atoms with Crippen molar-refractivity contribution in [2.24, 2.45) is 0 Å². The van der Waals surface area contributed by atoms with Crippen LogP contribution in [0.25, 0.3) is 9.88 Å². The number of hydrogen-bond acceptors (Lipinski definition) is 5. The van der Waals surface area contributed by atoms with Gasteiger partial charge in [0.25, 0.3) is 0 Å². The summed E-state index contributed by atoms with van der Waals surface area (Å²) in [6, 6.07) is 2.21. The highest BCUT2D eigenvalue weighted by Crippen LogP contribution is 2.32. The number of hydrogen-bond donors (Lipinski definition) is 0. The normalized spacial score (nSPS) is 19.0. The number of aromatic nitrogens is 1. The third-order valence-electron chi connectivity index (χ3n) is 3.35. The molecule has 1 fully saturated rings. The number of carbonyl (C=O) groups is 1. The van der Waals surface area contributed by atoms with Crippen LogP contribution in [0.15, 0.2) is 21.3 Å². The first-order valence-corrected chi connectivity index (χ1v) is 9.25. The molecule has 1 saturated heterocycles. The van der Waals surface area contributed by atoms with Gasteiger partial charge in [-0.15, -0.1) is 22.7 Å². The van der Waals surface area contributed by atoms with Gasteiger partial charge in [-0.05, 0) is 28.9 Å². The Morgan fingerprint density at radius 2 is 2.38 bits per heavy atom. The van der Waals surface area contributed by atoms with E-state index < -0.39 is 0 Å². The van der Waals surface area contributed by atoms with Crippen molar-refractivity contribution in [2.75, 3.05) is 19.8 Å². The molecule has 0 aromatic carbocycles. The highest BCUT2D eigenvalue weighted by atomic mass is 79.9. The molecule has 21 heavy (non-hydrogen) atoms. The summed E-state index contributed by atoms with van der Waals surface area (Å²) in [6.45, 7) is 3.94. The van der Waals surface area contributed by atoms with Crippen LogP contribution in [0.4, 0.5) is 0 Å². The van der Waals surface area contributed by atoms with Crippen LogP contribution in [0.2, 0.25) is 0 Å². The largest absolute Gasteiger partial charge is 0.377 e. The molecule has 1 aliphatic rings. The van der Waals surface area contributed by atoms with Gasteiger partial charge in [0.2, 0.25) is 5.91 Å². The van der Waals surface area contributed by atoms with E-state index in [1.807, 2.05) is 22.6 Å². The smallest absolute Gasteiger partial charge is 0.229 e. The zero-order valence-corrected chi connectivity index (χ0v) is 14.8. The van der Waals surface area contributed by atoms with E-state index in [9.17, 15) is 4.79 Å². The van der Waals surface area contributed by atoms with Crippen molar-refractivity contribution in [2.45, 2.75) is 19.4 Å². The van der Waals surface area contributed by atoms with Crippen LogP contribution in [-0.2, 0) is 16.0 Å². The molecule has 1 amide bonds. The summed E-state index contributed by atoms with van der Waals surface area (Å²) in [6.07, 6.45) is 0.368. The summed E-state index contributed by atoms with van der Waals surface area (Å²) in [5, 5.41) is 4.99. The summed E-state index contributed by atoms with van der Waals surface area (Å²) in [4.78, 5) is 20.0. The lowest BCUT2D eigenvalue weighted by Gasteiger charge is -2.33. The predicted octanol–water partition coefficient (Wildman–Crippen LogP) is 3.42. The van der Waals surface area contributed by atoms with Crippen LogP contribution >= 0.6 is 38.6 Å². The van der Waals surface area contributed by atoms with Crippen LogP contribution in [0.3, 0.4) is 0 Å². The highest BCUT2D eigenvalue weighted by molar-refractivity contribution is 9.10. The van der Waals surface area contributed by atoms with Crippen molar-refractivity contribution in [3.05, 3.63) is 27.0 Å². The highest BCUT2D eigenvalue weighted by Gasteiger charge is 2.24. The molecular weight excluding hydrogens is 372 g/mol. The number of thiazole rings is 1. The average molecular weight is 387 g/mol. The molecule has 3 heterocycles.